The number of hydrogen-bond acceptors (Lipinski definition) is 3. The first-order chi connectivity index (χ1) is 11.6. The molecular weight excluding hydrogens is 322 g/mol. The van der Waals surface area contributed by atoms with E-state index in [2.05, 4.69) is 24.0 Å². The van der Waals surface area contributed by atoms with Gasteiger partial charge >= 0.3 is 0 Å². The maximum absolute atomic E-state index is 12.4. The first kappa shape index (κ1) is 17.2. The Morgan fingerprint density at radius 1 is 1.17 bits per heavy atom. The molecule has 2 aromatic carbocycles. The Morgan fingerprint density at radius 2 is 1.88 bits per heavy atom. The van der Waals surface area contributed by atoms with Gasteiger partial charge < -0.3 is 4.74 Å². The van der Waals surface area contributed by atoms with Gasteiger partial charge in [-0.25, -0.2) is 0 Å². The zero-order valence-corrected chi connectivity index (χ0v) is 14.6. The molecule has 2 aromatic rings. The maximum Gasteiger partial charge on any atom is 0.164 e. The van der Waals surface area contributed by atoms with Crippen molar-refractivity contribution in [1.29, 1.82) is 0 Å². The van der Waals surface area contributed by atoms with Crippen LogP contribution in [0.15, 0.2) is 54.6 Å². The molecular formula is C20H22ClNO2. The molecule has 1 saturated heterocycles. The number of hydrogen-bond donors (Lipinski definition) is 0. The van der Waals surface area contributed by atoms with E-state index in [4.69, 9.17) is 16.3 Å². The van der Waals surface area contributed by atoms with Crippen LogP contribution in [0.4, 0.5) is 0 Å². The summed E-state index contributed by atoms with van der Waals surface area (Å²) < 4.78 is 5.97. The van der Waals surface area contributed by atoms with E-state index in [9.17, 15) is 4.79 Å². The molecule has 1 aliphatic heterocycles. The normalized spacial score (nSPS) is 21.6. The van der Waals surface area contributed by atoms with E-state index < -0.39 is 0 Å². The Balaban J connectivity index is 1.60. The third kappa shape index (κ3) is 4.04. The predicted octanol–water partition coefficient (Wildman–Crippen LogP) is 4.37. The van der Waals surface area contributed by atoms with E-state index in [1.54, 1.807) is 24.3 Å². The van der Waals surface area contributed by atoms with Crippen LogP contribution in [0.1, 0.15) is 35.4 Å². The first-order valence-corrected chi connectivity index (χ1v) is 8.72. The third-order valence-electron chi connectivity index (χ3n) is 4.61. The Morgan fingerprint density at radius 3 is 2.58 bits per heavy atom. The molecule has 0 aromatic heterocycles. The molecule has 0 spiro atoms. The molecule has 2 atom stereocenters. The largest absolute Gasteiger partial charge is 0.371 e. The number of ketones is 1. The molecule has 24 heavy (non-hydrogen) atoms. The van der Waals surface area contributed by atoms with E-state index in [-0.39, 0.29) is 17.9 Å². The molecule has 1 heterocycles. The fourth-order valence-electron chi connectivity index (χ4n) is 3.19. The minimum atomic E-state index is 0.0607. The lowest BCUT2D eigenvalue weighted by molar-refractivity contribution is -0.0665. The zero-order chi connectivity index (χ0) is 16.9. The summed E-state index contributed by atoms with van der Waals surface area (Å²) in [5.41, 5.74) is 1.92. The van der Waals surface area contributed by atoms with Gasteiger partial charge in [-0.15, -0.1) is 0 Å². The van der Waals surface area contributed by atoms with Crippen molar-refractivity contribution >= 4 is 17.4 Å². The van der Waals surface area contributed by atoms with Gasteiger partial charge in [0.15, 0.2) is 5.78 Å². The number of nitrogens with zero attached hydrogens (tertiary/aromatic N) is 1. The van der Waals surface area contributed by atoms with Gasteiger partial charge in [0.05, 0.1) is 12.7 Å². The number of ether oxygens (including phenoxy) is 1. The van der Waals surface area contributed by atoms with Gasteiger partial charge in [0.1, 0.15) is 0 Å². The smallest absolute Gasteiger partial charge is 0.164 e. The highest BCUT2D eigenvalue weighted by Crippen LogP contribution is 2.28. The highest BCUT2D eigenvalue weighted by Gasteiger charge is 2.29. The molecule has 3 rings (SSSR count). The van der Waals surface area contributed by atoms with E-state index in [0.29, 0.717) is 18.1 Å². The quantitative estimate of drug-likeness (QED) is 0.755. The van der Waals surface area contributed by atoms with Crippen LogP contribution in [0, 0.1) is 0 Å². The monoisotopic (exact) mass is 343 g/mol. The van der Waals surface area contributed by atoms with Crippen molar-refractivity contribution in [2.24, 2.45) is 0 Å². The van der Waals surface area contributed by atoms with Crippen molar-refractivity contribution in [1.82, 2.24) is 4.90 Å². The minimum absolute atomic E-state index is 0.0607. The predicted molar refractivity (Wildman–Crippen MR) is 96.6 cm³/mol. The van der Waals surface area contributed by atoms with Gasteiger partial charge in [-0.3, -0.25) is 9.69 Å². The van der Waals surface area contributed by atoms with Gasteiger partial charge in [0.2, 0.25) is 0 Å². The lowest BCUT2D eigenvalue weighted by Gasteiger charge is -2.39. The summed E-state index contributed by atoms with van der Waals surface area (Å²) >= 11 is 5.88. The van der Waals surface area contributed by atoms with E-state index in [1.165, 1.54) is 5.56 Å². The molecule has 1 fully saturated rings. The molecule has 0 radical (unpaired) electrons. The molecule has 0 N–H and O–H groups in total. The van der Waals surface area contributed by atoms with Gasteiger partial charge in [-0.2, -0.15) is 0 Å². The summed E-state index contributed by atoms with van der Waals surface area (Å²) in [6.07, 6.45) is 0.568. The maximum atomic E-state index is 12.4. The number of morpholine rings is 1. The molecule has 4 heteroatoms. The summed E-state index contributed by atoms with van der Waals surface area (Å²) in [5, 5.41) is 0.652. The topological polar surface area (TPSA) is 29.5 Å². The second-order valence-electron chi connectivity index (χ2n) is 6.16. The third-order valence-corrected chi connectivity index (χ3v) is 4.86. The fraction of sp³-hybridized carbons (Fsp3) is 0.350. The molecule has 126 valence electrons. The summed E-state index contributed by atoms with van der Waals surface area (Å²) in [6, 6.07) is 17.6. The second kappa shape index (κ2) is 7.93. The van der Waals surface area contributed by atoms with Crippen LogP contribution in [0.25, 0.3) is 0 Å². The van der Waals surface area contributed by atoms with Crippen LogP contribution in [-0.4, -0.2) is 36.4 Å². The Bertz CT molecular complexity index is 672. The first-order valence-electron chi connectivity index (χ1n) is 8.34. The summed E-state index contributed by atoms with van der Waals surface area (Å²) in [7, 11) is 0. The van der Waals surface area contributed by atoms with E-state index in [1.807, 2.05) is 18.2 Å². The van der Waals surface area contributed by atoms with E-state index in [0.717, 1.165) is 18.7 Å². The number of carbonyl (C=O) groups is 1. The minimum Gasteiger partial charge on any atom is -0.371 e. The Hall–Kier alpha value is -1.68. The van der Waals surface area contributed by atoms with Crippen molar-refractivity contribution in [3.63, 3.8) is 0 Å². The number of benzene rings is 2. The number of carbonyl (C=O) groups excluding carboxylic acids is 1. The molecule has 3 nitrogen and oxygen atoms in total. The van der Waals surface area contributed by atoms with E-state index >= 15 is 0 Å². The van der Waals surface area contributed by atoms with Crippen molar-refractivity contribution in [2.45, 2.75) is 25.5 Å². The second-order valence-corrected chi connectivity index (χ2v) is 6.60. The summed E-state index contributed by atoms with van der Waals surface area (Å²) in [4.78, 5) is 14.7. The summed E-state index contributed by atoms with van der Waals surface area (Å²) in [5.74, 6) is 0.154. The van der Waals surface area contributed by atoms with Crippen molar-refractivity contribution in [2.75, 3.05) is 19.7 Å². The van der Waals surface area contributed by atoms with Crippen molar-refractivity contribution in [3.8, 4) is 0 Å². The van der Waals surface area contributed by atoms with Crippen LogP contribution in [0.5, 0.6) is 0 Å². The number of halogens is 1. The molecule has 0 saturated carbocycles. The van der Waals surface area contributed by atoms with Crippen molar-refractivity contribution in [3.05, 3.63) is 70.7 Å². The zero-order valence-electron chi connectivity index (χ0n) is 13.8. The molecule has 0 bridgehead atoms. The molecule has 1 aliphatic rings. The molecule has 0 aliphatic carbocycles. The number of Topliss-reactive ketones (excluding diaryl/α,β-unsaturated/α-hetero) is 1. The Kier molecular flexibility index (Phi) is 5.67. The van der Waals surface area contributed by atoms with Gasteiger partial charge in [-0.1, -0.05) is 41.9 Å². The van der Waals surface area contributed by atoms with Crippen LogP contribution < -0.4 is 0 Å². The summed E-state index contributed by atoms with van der Waals surface area (Å²) in [6.45, 7) is 4.47. The highest BCUT2D eigenvalue weighted by molar-refractivity contribution is 6.30. The van der Waals surface area contributed by atoms with Crippen LogP contribution in [0.3, 0.4) is 0 Å². The van der Waals surface area contributed by atoms with Crippen molar-refractivity contribution < 1.29 is 9.53 Å². The van der Waals surface area contributed by atoms with Crippen LogP contribution >= 0.6 is 11.6 Å². The number of rotatable bonds is 5. The van der Waals surface area contributed by atoms with Gasteiger partial charge in [0.25, 0.3) is 0 Å². The van der Waals surface area contributed by atoms with Crippen LogP contribution in [-0.2, 0) is 4.74 Å². The highest BCUT2D eigenvalue weighted by atomic mass is 35.5. The standard InChI is InChI=1S/C20H22ClNO2/c1-15-20(17-5-3-2-4-6-17)24-14-13-22(15)12-11-19(23)16-7-9-18(21)10-8-16/h2-10,15,20H,11-14H2,1H3. The molecule has 2 unspecified atom stereocenters. The lowest BCUT2D eigenvalue weighted by Crippen LogP contribution is -2.46. The van der Waals surface area contributed by atoms with Gasteiger partial charge in [-0.05, 0) is 36.8 Å². The SMILES string of the molecule is CC1C(c2ccccc2)OCCN1CCC(=O)c1ccc(Cl)cc1. The average Bonchev–Trinajstić information content (AvgIpc) is 2.62. The van der Waals surface area contributed by atoms with Crippen LogP contribution in [0.2, 0.25) is 5.02 Å². The fourth-order valence-corrected chi connectivity index (χ4v) is 3.32. The van der Waals surface area contributed by atoms with Gasteiger partial charge in [0, 0.05) is 36.1 Å². The molecule has 0 amide bonds. The average molecular weight is 344 g/mol. The Labute approximate surface area is 148 Å². The lowest BCUT2D eigenvalue weighted by atomic mass is 10.00.